The lowest BCUT2D eigenvalue weighted by atomic mass is 10.2. The number of rotatable bonds is 3. The summed E-state index contributed by atoms with van der Waals surface area (Å²) in [6, 6.07) is 4.65. The van der Waals surface area contributed by atoms with E-state index in [1.165, 1.54) is 12.1 Å². The standard InChI is InChI=1S/C13H11ClF2N2O/c1-7(2)13-17-11(14)6-12(18-13)19-8-3-4-9(15)10(16)5-8/h3-7H,1-2H3. The Balaban J connectivity index is 2.29. The third-order valence-corrected chi connectivity index (χ3v) is 2.51. The van der Waals surface area contributed by atoms with Gasteiger partial charge in [0, 0.05) is 18.1 Å². The first-order chi connectivity index (χ1) is 8.95. The summed E-state index contributed by atoms with van der Waals surface area (Å²) in [5, 5.41) is 0.233. The predicted molar refractivity (Wildman–Crippen MR) is 67.6 cm³/mol. The smallest absolute Gasteiger partial charge is 0.224 e. The first-order valence-electron chi connectivity index (χ1n) is 5.63. The predicted octanol–water partition coefficient (Wildman–Crippen LogP) is 4.32. The van der Waals surface area contributed by atoms with Crippen LogP contribution in [0.25, 0.3) is 0 Å². The molecule has 19 heavy (non-hydrogen) atoms. The topological polar surface area (TPSA) is 35.0 Å². The number of hydrogen-bond donors (Lipinski definition) is 0. The molecule has 0 N–H and O–H groups in total. The molecule has 0 fully saturated rings. The van der Waals surface area contributed by atoms with E-state index >= 15 is 0 Å². The molecule has 2 aromatic rings. The Morgan fingerprint density at radius 1 is 1.11 bits per heavy atom. The maximum atomic E-state index is 13.1. The fourth-order valence-electron chi connectivity index (χ4n) is 1.39. The monoisotopic (exact) mass is 284 g/mol. The summed E-state index contributed by atoms with van der Waals surface area (Å²) >= 11 is 5.85. The van der Waals surface area contributed by atoms with Crippen molar-refractivity contribution in [2.24, 2.45) is 0 Å². The van der Waals surface area contributed by atoms with Crippen molar-refractivity contribution >= 4 is 11.6 Å². The minimum Gasteiger partial charge on any atom is -0.439 e. The molecule has 0 aliphatic heterocycles. The van der Waals surface area contributed by atoms with Crippen LogP contribution in [0.3, 0.4) is 0 Å². The first-order valence-corrected chi connectivity index (χ1v) is 6.01. The number of ether oxygens (including phenoxy) is 1. The fraction of sp³-hybridized carbons (Fsp3) is 0.231. The van der Waals surface area contributed by atoms with Crippen LogP contribution in [0.2, 0.25) is 5.15 Å². The zero-order chi connectivity index (χ0) is 14.0. The highest BCUT2D eigenvalue weighted by molar-refractivity contribution is 6.29. The number of hydrogen-bond acceptors (Lipinski definition) is 3. The van der Waals surface area contributed by atoms with E-state index in [0.29, 0.717) is 5.82 Å². The van der Waals surface area contributed by atoms with E-state index in [-0.39, 0.29) is 22.7 Å². The van der Waals surface area contributed by atoms with Crippen molar-refractivity contribution in [2.75, 3.05) is 0 Å². The molecular formula is C13H11ClF2N2O. The molecule has 0 saturated carbocycles. The van der Waals surface area contributed by atoms with Crippen molar-refractivity contribution in [3.05, 3.63) is 46.9 Å². The Hall–Kier alpha value is -1.75. The number of nitrogens with zero attached hydrogens (tertiary/aromatic N) is 2. The maximum Gasteiger partial charge on any atom is 0.224 e. The number of halogens is 3. The molecule has 1 aromatic heterocycles. The van der Waals surface area contributed by atoms with Gasteiger partial charge in [0.05, 0.1) is 0 Å². The molecule has 0 atom stereocenters. The van der Waals surface area contributed by atoms with Crippen LogP contribution in [-0.4, -0.2) is 9.97 Å². The fourth-order valence-corrected chi connectivity index (χ4v) is 1.57. The number of aromatic nitrogens is 2. The lowest BCUT2D eigenvalue weighted by molar-refractivity contribution is 0.443. The van der Waals surface area contributed by atoms with Crippen LogP contribution in [0.1, 0.15) is 25.6 Å². The minimum atomic E-state index is -0.985. The van der Waals surface area contributed by atoms with Crippen LogP contribution in [0.5, 0.6) is 11.6 Å². The molecule has 3 nitrogen and oxygen atoms in total. The molecule has 0 aliphatic rings. The molecule has 0 saturated heterocycles. The average molecular weight is 285 g/mol. The van der Waals surface area contributed by atoms with Gasteiger partial charge >= 0.3 is 0 Å². The molecule has 0 amide bonds. The van der Waals surface area contributed by atoms with Gasteiger partial charge in [-0.15, -0.1) is 0 Å². The van der Waals surface area contributed by atoms with Crippen molar-refractivity contribution < 1.29 is 13.5 Å². The zero-order valence-electron chi connectivity index (χ0n) is 10.3. The van der Waals surface area contributed by atoms with Crippen LogP contribution in [0, 0.1) is 11.6 Å². The SMILES string of the molecule is CC(C)c1nc(Cl)cc(Oc2ccc(F)c(F)c2)n1. The van der Waals surface area contributed by atoms with Crippen molar-refractivity contribution in [3.8, 4) is 11.6 Å². The molecule has 6 heteroatoms. The highest BCUT2D eigenvalue weighted by Gasteiger charge is 2.10. The summed E-state index contributed by atoms with van der Waals surface area (Å²) in [6.45, 7) is 3.82. The van der Waals surface area contributed by atoms with Crippen molar-refractivity contribution in [1.82, 2.24) is 9.97 Å². The Kier molecular flexibility index (Phi) is 3.95. The summed E-state index contributed by atoms with van der Waals surface area (Å²) in [6.07, 6.45) is 0. The molecule has 2 rings (SSSR count). The molecular weight excluding hydrogens is 274 g/mol. The van der Waals surface area contributed by atoms with E-state index in [4.69, 9.17) is 16.3 Å². The van der Waals surface area contributed by atoms with Gasteiger partial charge in [-0.2, -0.15) is 4.98 Å². The van der Waals surface area contributed by atoms with Gasteiger partial charge < -0.3 is 4.74 Å². The third kappa shape index (κ3) is 3.38. The highest BCUT2D eigenvalue weighted by Crippen LogP contribution is 2.24. The van der Waals surface area contributed by atoms with E-state index in [2.05, 4.69) is 9.97 Å². The molecule has 0 unspecified atom stereocenters. The molecule has 0 spiro atoms. The summed E-state index contributed by atoms with van der Waals surface area (Å²) in [5.74, 6) is -0.994. The van der Waals surface area contributed by atoms with E-state index in [1.807, 2.05) is 13.8 Å². The molecule has 100 valence electrons. The second-order valence-corrected chi connectivity index (χ2v) is 4.61. The van der Waals surface area contributed by atoms with Crippen molar-refractivity contribution in [1.29, 1.82) is 0 Å². The summed E-state index contributed by atoms with van der Waals surface area (Å²) in [5.41, 5.74) is 0. The molecule has 0 radical (unpaired) electrons. The maximum absolute atomic E-state index is 13.1. The van der Waals surface area contributed by atoms with Gasteiger partial charge in [0.15, 0.2) is 11.6 Å². The quantitative estimate of drug-likeness (QED) is 0.787. The second kappa shape index (κ2) is 5.48. The van der Waals surface area contributed by atoms with Gasteiger partial charge in [-0.05, 0) is 12.1 Å². The van der Waals surface area contributed by atoms with Gasteiger partial charge in [0.25, 0.3) is 0 Å². The average Bonchev–Trinajstić information content (AvgIpc) is 2.33. The van der Waals surface area contributed by atoms with E-state index in [0.717, 1.165) is 12.1 Å². The van der Waals surface area contributed by atoms with Gasteiger partial charge in [-0.1, -0.05) is 25.4 Å². The van der Waals surface area contributed by atoms with Crippen LogP contribution in [-0.2, 0) is 0 Å². The van der Waals surface area contributed by atoms with Gasteiger partial charge in [0.1, 0.15) is 16.7 Å². The largest absolute Gasteiger partial charge is 0.439 e. The van der Waals surface area contributed by atoms with Crippen LogP contribution in [0.15, 0.2) is 24.3 Å². The Bertz CT molecular complexity index is 605. The van der Waals surface area contributed by atoms with Gasteiger partial charge in [-0.25, -0.2) is 13.8 Å². The lowest BCUT2D eigenvalue weighted by Gasteiger charge is -2.09. The minimum absolute atomic E-state index is 0.0750. The lowest BCUT2D eigenvalue weighted by Crippen LogP contribution is -2.00. The zero-order valence-corrected chi connectivity index (χ0v) is 11.1. The van der Waals surface area contributed by atoms with E-state index < -0.39 is 11.6 Å². The van der Waals surface area contributed by atoms with Crippen LogP contribution >= 0.6 is 11.6 Å². The Labute approximate surface area is 114 Å². The molecule has 0 aliphatic carbocycles. The van der Waals surface area contributed by atoms with E-state index in [9.17, 15) is 8.78 Å². The molecule has 1 heterocycles. The Morgan fingerprint density at radius 2 is 1.84 bits per heavy atom. The van der Waals surface area contributed by atoms with Crippen molar-refractivity contribution in [3.63, 3.8) is 0 Å². The normalized spacial score (nSPS) is 10.8. The number of benzene rings is 1. The summed E-state index contributed by atoms with van der Waals surface area (Å²) in [7, 11) is 0. The van der Waals surface area contributed by atoms with Gasteiger partial charge in [0.2, 0.25) is 5.88 Å². The third-order valence-electron chi connectivity index (χ3n) is 2.32. The second-order valence-electron chi connectivity index (χ2n) is 4.22. The first kappa shape index (κ1) is 13.7. The highest BCUT2D eigenvalue weighted by atomic mass is 35.5. The summed E-state index contributed by atoms with van der Waals surface area (Å²) < 4.78 is 31.2. The summed E-state index contributed by atoms with van der Waals surface area (Å²) in [4.78, 5) is 8.19. The molecule has 1 aromatic carbocycles. The van der Waals surface area contributed by atoms with Crippen LogP contribution in [0.4, 0.5) is 8.78 Å². The van der Waals surface area contributed by atoms with E-state index in [1.54, 1.807) is 0 Å². The van der Waals surface area contributed by atoms with Gasteiger partial charge in [-0.3, -0.25) is 0 Å². The molecule has 0 bridgehead atoms. The van der Waals surface area contributed by atoms with Crippen molar-refractivity contribution in [2.45, 2.75) is 19.8 Å². The van der Waals surface area contributed by atoms with Crippen LogP contribution < -0.4 is 4.74 Å². The Morgan fingerprint density at radius 3 is 2.47 bits per heavy atom.